The molecule has 0 amide bonds. The van der Waals surface area contributed by atoms with Gasteiger partial charge in [0, 0.05) is 6.04 Å². The molecule has 0 aromatic heterocycles. The van der Waals surface area contributed by atoms with Gasteiger partial charge in [0.15, 0.2) is 0 Å². The molecule has 0 spiro atoms. The van der Waals surface area contributed by atoms with Crippen molar-refractivity contribution in [3.8, 4) is 5.75 Å². The third-order valence-electron chi connectivity index (χ3n) is 3.42. The molecule has 0 radical (unpaired) electrons. The molecule has 0 aliphatic carbocycles. The first-order chi connectivity index (χ1) is 9.69. The predicted molar refractivity (Wildman–Crippen MR) is 84.0 cm³/mol. The van der Waals surface area contributed by atoms with Gasteiger partial charge in [-0.2, -0.15) is 0 Å². The molecule has 1 unspecified atom stereocenters. The molecule has 2 aromatic rings. The standard InChI is InChI=1S/C18H23NO/c1-4-19-15(3)17-9-11-18(12-10-17)20-13-16-7-5-14(2)6-8-16/h5-12,15,19H,4,13H2,1-3H3. The summed E-state index contributed by atoms with van der Waals surface area (Å²) in [5.41, 5.74) is 3.76. The minimum Gasteiger partial charge on any atom is -0.489 e. The minimum absolute atomic E-state index is 0.381. The van der Waals surface area contributed by atoms with Crippen molar-refractivity contribution in [1.82, 2.24) is 5.32 Å². The van der Waals surface area contributed by atoms with Crippen molar-refractivity contribution < 1.29 is 4.74 Å². The topological polar surface area (TPSA) is 21.3 Å². The molecular weight excluding hydrogens is 246 g/mol. The van der Waals surface area contributed by atoms with Crippen LogP contribution in [-0.2, 0) is 6.61 Å². The lowest BCUT2D eigenvalue weighted by atomic mass is 10.1. The number of hydrogen-bond donors (Lipinski definition) is 1. The van der Waals surface area contributed by atoms with Crippen LogP contribution in [-0.4, -0.2) is 6.54 Å². The lowest BCUT2D eigenvalue weighted by Crippen LogP contribution is -2.17. The van der Waals surface area contributed by atoms with E-state index in [1.54, 1.807) is 0 Å². The fourth-order valence-electron chi connectivity index (χ4n) is 2.13. The normalized spacial score (nSPS) is 12.2. The molecule has 0 saturated heterocycles. The van der Waals surface area contributed by atoms with E-state index in [0.29, 0.717) is 12.6 Å². The van der Waals surface area contributed by atoms with Crippen LogP contribution in [0.15, 0.2) is 48.5 Å². The first-order valence-corrected chi connectivity index (χ1v) is 7.20. The zero-order valence-corrected chi connectivity index (χ0v) is 12.5. The van der Waals surface area contributed by atoms with Crippen LogP contribution in [0.25, 0.3) is 0 Å². The Balaban J connectivity index is 1.92. The minimum atomic E-state index is 0.381. The van der Waals surface area contributed by atoms with E-state index in [1.807, 2.05) is 12.1 Å². The lowest BCUT2D eigenvalue weighted by Gasteiger charge is -2.13. The highest BCUT2D eigenvalue weighted by molar-refractivity contribution is 5.29. The van der Waals surface area contributed by atoms with Crippen LogP contribution >= 0.6 is 0 Å². The number of rotatable bonds is 6. The van der Waals surface area contributed by atoms with Gasteiger partial charge in [-0.25, -0.2) is 0 Å². The Kier molecular flexibility index (Phi) is 5.19. The summed E-state index contributed by atoms with van der Waals surface area (Å²) in [7, 11) is 0. The quantitative estimate of drug-likeness (QED) is 0.846. The number of benzene rings is 2. The van der Waals surface area contributed by atoms with Gasteiger partial charge in [-0.3, -0.25) is 0 Å². The van der Waals surface area contributed by atoms with Crippen LogP contribution in [0.4, 0.5) is 0 Å². The van der Waals surface area contributed by atoms with E-state index in [4.69, 9.17) is 4.74 Å². The number of aryl methyl sites for hydroxylation is 1. The summed E-state index contributed by atoms with van der Waals surface area (Å²) >= 11 is 0. The van der Waals surface area contributed by atoms with Crippen molar-refractivity contribution in [2.24, 2.45) is 0 Å². The van der Waals surface area contributed by atoms with Gasteiger partial charge in [-0.05, 0) is 43.7 Å². The van der Waals surface area contributed by atoms with Crippen LogP contribution < -0.4 is 10.1 Å². The van der Waals surface area contributed by atoms with Gasteiger partial charge in [-0.15, -0.1) is 0 Å². The molecular formula is C18H23NO. The Hall–Kier alpha value is -1.80. The molecule has 0 aliphatic rings. The van der Waals surface area contributed by atoms with Crippen molar-refractivity contribution in [2.75, 3.05) is 6.54 Å². The fraction of sp³-hybridized carbons (Fsp3) is 0.333. The molecule has 0 aliphatic heterocycles. The summed E-state index contributed by atoms with van der Waals surface area (Å²) in [6.45, 7) is 7.98. The maximum Gasteiger partial charge on any atom is 0.119 e. The molecule has 2 heteroatoms. The zero-order valence-electron chi connectivity index (χ0n) is 12.5. The third-order valence-corrected chi connectivity index (χ3v) is 3.42. The lowest BCUT2D eigenvalue weighted by molar-refractivity contribution is 0.306. The Morgan fingerprint density at radius 3 is 2.25 bits per heavy atom. The molecule has 0 heterocycles. The van der Waals surface area contributed by atoms with E-state index in [0.717, 1.165) is 12.3 Å². The van der Waals surface area contributed by atoms with Gasteiger partial charge in [-0.1, -0.05) is 48.9 Å². The van der Waals surface area contributed by atoms with Crippen LogP contribution in [0.1, 0.15) is 36.6 Å². The Morgan fingerprint density at radius 2 is 1.65 bits per heavy atom. The molecule has 0 saturated carbocycles. The summed E-state index contributed by atoms with van der Waals surface area (Å²) in [6, 6.07) is 17.1. The largest absolute Gasteiger partial charge is 0.489 e. The van der Waals surface area contributed by atoms with Gasteiger partial charge in [0.05, 0.1) is 0 Å². The average molecular weight is 269 g/mol. The maximum absolute atomic E-state index is 5.81. The second-order valence-electron chi connectivity index (χ2n) is 5.12. The van der Waals surface area contributed by atoms with E-state index >= 15 is 0 Å². The predicted octanol–water partition coefficient (Wildman–Crippen LogP) is 4.24. The molecule has 2 aromatic carbocycles. The van der Waals surface area contributed by atoms with E-state index in [9.17, 15) is 0 Å². The Labute approximate surface area is 121 Å². The highest BCUT2D eigenvalue weighted by Gasteiger charge is 2.03. The molecule has 106 valence electrons. The summed E-state index contributed by atoms with van der Waals surface area (Å²) in [5, 5.41) is 3.40. The van der Waals surface area contributed by atoms with Gasteiger partial charge >= 0.3 is 0 Å². The van der Waals surface area contributed by atoms with Crippen molar-refractivity contribution in [2.45, 2.75) is 33.4 Å². The average Bonchev–Trinajstić information content (AvgIpc) is 2.47. The SMILES string of the molecule is CCNC(C)c1ccc(OCc2ccc(C)cc2)cc1. The third kappa shape index (κ3) is 4.10. The first kappa shape index (κ1) is 14.6. The summed E-state index contributed by atoms with van der Waals surface area (Å²) < 4.78 is 5.81. The first-order valence-electron chi connectivity index (χ1n) is 7.20. The van der Waals surface area contributed by atoms with Crippen LogP contribution in [0.3, 0.4) is 0 Å². The van der Waals surface area contributed by atoms with Crippen molar-refractivity contribution >= 4 is 0 Å². The van der Waals surface area contributed by atoms with E-state index in [-0.39, 0.29) is 0 Å². The van der Waals surface area contributed by atoms with Gasteiger partial charge < -0.3 is 10.1 Å². The Bertz CT molecular complexity index is 516. The molecule has 0 fully saturated rings. The van der Waals surface area contributed by atoms with Crippen molar-refractivity contribution in [1.29, 1.82) is 0 Å². The van der Waals surface area contributed by atoms with Gasteiger partial charge in [0.1, 0.15) is 12.4 Å². The van der Waals surface area contributed by atoms with Crippen LogP contribution in [0, 0.1) is 6.92 Å². The van der Waals surface area contributed by atoms with E-state index in [1.165, 1.54) is 16.7 Å². The molecule has 2 nitrogen and oxygen atoms in total. The van der Waals surface area contributed by atoms with Crippen molar-refractivity contribution in [3.63, 3.8) is 0 Å². The highest BCUT2D eigenvalue weighted by Crippen LogP contribution is 2.18. The molecule has 20 heavy (non-hydrogen) atoms. The van der Waals surface area contributed by atoms with Crippen LogP contribution in [0.2, 0.25) is 0 Å². The second-order valence-corrected chi connectivity index (χ2v) is 5.12. The fourth-order valence-corrected chi connectivity index (χ4v) is 2.13. The molecule has 2 rings (SSSR count). The maximum atomic E-state index is 5.81. The number of hydrogen-bond acceptors (Lipinski definition) is 2. The highest BCUT2D eigenvalue weighted by atomic mass is 16.5. The molecule has 1 atom stereocenters. The monoisotopic (exact) mass is 269 g/mol. The van der Waals surface area contributed by atoms with E-state index < -0.39 is 0 Å². The Morgan fingerprint density at radius 1 is 1.00 bits per heavy atom. The zero-order chi connectivity index (χ0) is 14.4. The van der Waals surface area contributed by atoms with Crippen molar-refractivity contribution in [3.05, 3.63) is 65.2 Å². The number of ether oxygens (including phenoxy) is 1. The van der Waals surface area contributed by atoms with Gasteiger partial charge in [0.25, 0.3) is 0 Å². The molecule has 1 N–H and O–H groups in total. The summed E-state index contributed by atoms with van der Waals surface area (Å²) in [5.74, 6) is 0.915. The molecule has 0 bridgehead atoms. The smallest absolute Gasteiger partial charge is 0.119 e. The van der Waals surface area contributed by atoms with Gasteiger partial charge in [0.2, 0.25) is 0 Å². The summed E-state index contributed by atoms with van der Waals surface area (Å²) in [4.78, 5) is 0. The second kappa shape index (κ2) is 7.11. The summed E-state index contributed by atoms with van der Waals surface area (Å²) in [6.07, 6.45) is 0. The van der Waals surface area contributed by atoms with E-state index in [2.05, 4.69) is 62.5 Å². The number of nitrogens with one attached hydrogen (secondary N) is 1. The van der Waals surface area contributed by atoms with Crippen LogP contribution in [0.5, 0.6) is 5.75 Å².